The summed E-state index contributed by atoms with van der Waals surface area (Å²) in [6.07, 6.45) is 2.51. The van der Waals surface area contributed by atoms with E-state index in [1.165, 1.54) is 22.4 Å². The average molecular weight is 267 g/mol. The monoisotopic (exact) mass is 268 g/mol. The number of aliphatic hydroxyl groups is 1. The van der Waals surface area contributed by atoms with E-state index in [-0.39, 0.29) is 0 Å². The molecule has 0 saturated heterocycles. The zero-order valence-electron chi connectivity index (χ0n) is 8.80. The first-order chi connectivity index (χ1) is 5.95. The van der Waals surface area contributed by atoms with Crippen LogP contribution in [0.1, 0.15) is 33.6 Å². The van der Waals surface area contributed by atoms with Crippen LogP contribution in [0.5, 0.6) is 0 Å². The molecule has 0 aliphatic heterocycles. The zero-order valence-corrected chi connectivity index (χ0v) is 11.3. The molecule has 0 aromatic heterocycles. The Balaban J connectivity index is 3.41. The van der Waals surface area contributed by atoms with Gasteiger partial charge in [0, 0.05) is 0 Å². The molecule has 0 radical (unpaired) electrons. The van der Waals surface area contributed by atoms with Crippen LogP contribution in [-0.2, 0) is 0 Å². The molecule has 0 aromatic carbocycles. The van der Waals surface area contributed by atoms with E-state index in [0.29, 0.717) is 15.0 Å². The van der Waals surface area contributed by atoms with Gasteiger partial charge in [0.15, 0.2) is 0 Å². The van der Waals surface area contributed by atoms with Crippen molar-refractivity contribution < 1.29 is 5.11 Å². The molecular formula is C10H20OSSe. The summed E-state index contributed by atoms with van der Waals surface area (Å²) in [5, 5.41) is 10.4. The fourth-order valence-corrected chi connectivity index (χ4v) is 3.81. The molecule has 0 aliphatic rings. The van der Waals surface area contributed by atoms with E-state index in [2.05, 4.69) is 13.5 Å². The topological polar surface area (TPSA) is 20.2 Å². The van der Waals surface area contributed by atoms with Crippen molar-refractivity contribution in [2.75, 3.05) is 5.75 Å². The van der Waals surface area contributed by atoms with Gasteiger partial charge >= 0.3 is 92.5 Å². The first-order valence-electron chi connectivity index (χ1n) is 4.62. The van der Waals surface area contributed by atoms with Crippen LogP contribution in [0.2, 0.25) is 5.32 Å². The molecule has 0 spiro atoms. The third-order valence-corrected chi connectivity index (χ3v) is 5.98. The second-order valence-electron chi connectivity index (χ2n) is 3.68. The Labute approximate surface area is 92.5 Å². The maximum absolute atomic E-state index is 9.50. The molecule has 0 unspecified atom stereocenters. The molecule has 1 nitrogen and oxygen atoms in total. The Bertz CT molecular complexity index is 151. The van der Waals surface area contributed by atoms with Gasteiger partial charge in [0.1, 0.15) is 0 Å². The summed E-state index contributed by atoms with van der Waals surface area (Å²) in [5.41, 5.74) is -0.520. The summed E-state index contributed by atoms with van der Waals surface area (Å²) in [6.45, 7) is 9.93. The number of hydrogen-bond acceptors (Lipinski definition) is 2. The standard InChI is InChI=1S/C10H20OSSe/c1-5-6-7-12-9(2)13-8-10(3,4)11/h11H,2,5-8H2,1,3-4H3. The van der Waals surface area contributed by atoms with Gasteiger partial charge in [-0.15, -0.1) is 0 Å². The zero-order chi connectivity index (χ0) is 10.3. The molecule has 3 heteroatoms. The fourth-order valence-electron chi connectivity index (χ4n) is 0.629. The first-order valence-corrected chi connectivity index (χ1v) is 7.68. The van der Waals surface area contributed by atoms with Crippen molar-refractivity contribution in [2.45, 2.75) is 44.5 Å². The summed E-state index contributed by atoms with van der Waals surface area (Å²) in [4.78, 5) is 0. The van der Waals surface area contributed by atoms with Crippen LogP contribution >= 0.6 is 11.8 Å². The minimum absolute atomic E-state index is 0.386. The molecule has 0 rings (SSSR count). The number of unbranched alkanes of at least 4 members (excludes halogenated alkanes) is 1. The molecule has 0 amide bonds. The van der Waals surface area contributed by atoms with Gasteiger partial charge in [-0.25, -0.2) is 0 Å². The molecular weight excluding hydrogens is 247 g/mol. The Kier molecular flexibility index (Phi) is 7.24. The van der Waals surface area contributed by atoms with Crippen LogP contribution in [0.3, 0.4) is 0 Å². The summed E-state index contributed by atoms with van der Waals surface area (Å²) < 4.78 is 1.27. The molecule has 13 heavy (non-hydrogen) atoms. The van der Waals surface area contributed by atoms with Crippen molar-refractivity contribution in [3.8, 4) is 0 Å². The van der Waals surface area contributed by atoms with E-state index >= 15 is 0 Å². The molecule has 78 valence electrons. The van der Waals surface area contributed by atoms with Crippen LogP contribution in [0.4, 0.5) is 0 Å². The van der Waals surface area contributed by atoms with Gasteiger partial charge in [-0.05, 0) is 0 Å². The number of rotatable bonds is 7. The molecule has 0 heterocycles. The Morgan fingerprint density at radius 2 is 2.15 bits per heavy atom. The predicted molar refractivity (Wildman–Crippen MR) is 63.4 cm³/mol. The molecule has 0 saturated carbocycles. The van der Waals surface area contributed by atoms with E-state index in [1.807, 2.05) is 25.6 Å². The molecule has 0 atom stereocenters. The van der Waals surface area contributed by atoms with Crippen molar-refractivity contribution in [3.05, 3.63) is 10.4 Å². The van der Waals surface area contributed by atoms with Gasteiger partial charge in [-0.2, -0.15) is 0 Å². The third-order valence-electron chi connectivity index (χ3n) is 1.35. The predicted octanol–water partition coefficient (Wildman–Crippen LogP) is 2.88. The van der Waals surface area contributed by atoms with Crippen molar-refractivity contribution in [1.29, 1.82) is 0 Å². The maximum atomic E-state index is 9.50. The molecule has 1 N–H and O–H groups in total. The molecule has 0 aromatic rings. The Morgan fingerprint density at radius 1 is 1.54 bits per heavy atom. The van der Waals surface area contributed by atoms with Crippen LogP contribution in [0, 0.1) is 0 Å². The van der Waals surface area contributed by atoms with Crippen molar-refractivity contribution in [2.24, 2.45) is 0 Å². The molecule has 0 fully saturated rings. The van der Waals surface area contributed by atoms with Crippen molar-refractivity contribution in [3.63, 3.8) is 0 Å². The minimum atomic E-state index is -0.520. The van der Waals surface area contributed by atoms with Crippen LogP contribution in [0.25, 0.3) is 0 Å². The van der Waals surface area contributed by atoms with Gasteiger partial charge in [0.05, 0.1) is 0 Å². The van der Waals surface area contributed by atoms with Gasteiger partial charge < -0.3 is 0 Å². The van der Waals surface area contributed by atoms with Crippen molar-refractivity contribution >= 4 is 26.7 Å². The molecule has 0 bridgehead atoms. The summed E-state index contributed by atoms with van der Waals surface area (Å²) in [7, 11) is 0. The summed E-state index contributed by atoms with van der Waals surface area (Å²) in [5.74, 6) is 1.18. The average Bonchev–Trinajstić information content (AvgIpc) is 2.00. The SMILES string of the molecule is C=C(SCCCC)[Se]CC(C)(C)O. The number of thioether (sulfide) groups is 1. The second-order valence-corrected chi connectivity index (χ2v) is 7.69. The van der Waals surface area contributed by atoms with Crippen molar-refractivity contribution in [1.82, 2.24) is 0 Å². The molecule has 0 aliphatic carbocycles. The van der Waals surface area contributed by atoms with Gasteiger partial charge in [-0.1, -0.05) is 0 Å². The van der Waals surface area contributed by atoms with E-state index in [0.717, 1.165) is 5.32 Å². The van der Waals surface area contributed by atoms with E-state index in [4.69, 9.17) is 0 Å². The summed E-state index contributed by atoms with van der Waals surface area (Å²) >= 11 is 2.25. The van der Waals surface area contributed by atoms with E-state index in [9.17, 15) is 5.11 Å². The third kappa shape index (κ3) is 10.5. The van der Waals surface area contributed by atoms with E-state index < -0.39 is 5.60 Å². The van der Waals surface area contributed by atoms with Crippen LogP contribution in [0.15, 0.2) is 10.4 Å². The van der Waals surface area contributed by atoms with Gasteiger partial charge in [0.25, 0.3) is 0 Å². The quantitative estimate of drug-likeness (QED) is 0.565. The van der Waals surface area contributed by atoms with Gasteiger partial charge in [0.2, 0.25) is 0 Å². The number of hydrogen-bond donors (Lipinski definition) is 1. The van der Waals surface area contributed by atoms with Gasteiger partial charge in [-0.3, -0.25) is 0 Å². The normalized spacial score (nSPS) is 11.7. The first kappa shape index (κ1) is 13.6. The summed E-state index contributed by atoms with van der Waals surface area (Å²) in [6, 6.07) is 0. The van der Waals surface area contributed by atoms with Crippen LogP contribution in [-0.4, -0.2) is 31.4 Å². The Morgan fingerprint density at radius 3 is 2.62 bits per heavy atom. The Hall–Kier alpha value is 0.569. The second kappa shape index (κ2) is 6.94. The van der Waals surface area contributed by atoms with Crippen LogP contribution < -0.4 is 0 Å². The fraction of sp³-hybridized carbons (Fsp3) is 0.800. The van der Waals surface area contributed by atoms with E-state index in [1.54, 1.807) is 0 Å².